The first kappa shape index (κ1) is 33.9. The molecule has 12 rings (SSSR count). The molecule has 278 valence electrons. The zero-order chi connectivity index (χ0) is 39.1. The third-order valence-electron chi connectivity index (χ3n) is 12.2. The first-order chi connectivity index (χ1) is 29.1. The van der Waals surface area contributed by atoms with Gasteiger partial charge in [0.05, 0.1) is 32.2 Å². The number of benzene rings is 8. The van der Waals surface area contributed by atoms with Crippen molar-refractivity contribution in [3.8, 4) is 62.2 Å². The van der Waals surface area contributed by atoms with Gasteiger partial charge in [-0.25, -0.2) is 9.97 Å². The summed E-state index contributed by atoms with van der Waals surface area (Å²) in [6.45, 7) is 2.38. The van der Waals surface area contributed by atoms with Crippen LogP contribution < -0.4 is 4.74 Å². The van der Waals surface area contributed by atoms with Crippen LogP contribution in [0.15, 0.2) is 204 Å². The molecule has 4 nitrogen and oxygen atoms in total. The fraction of sp³-hybridized carbons (Fsp3) is 0.0370. The third kappa shape index (κ3) is 5.25. The number of ether oxygens (including phenoxy) is 1. The molecule has 2 aliphatic rings. The van der Waals surface area contributed by atoms with Crippen LogP contribution in [0.4, 0.5) is 0 Å². The molecule has 0 N–H and O–H groups in total. The van der Waals surface area contributed by atoms with Crippen LogP contribution in [-0.2, 0) is 5.41 Å². The van der Waals surface area contributed by atoms with Gasteiger partial charge in [0.2, 0.25) is 5.95 Å². The zero-order valence-electron chi connectivity index (χ0n) is 32.1. The topological polar surface area (TPSA) is 39.9 Å². The van der Waals surface area contributed by atoms with Gasteiger partial charge < -0.3 is 4.74 Å². The molecule has 0 spiro atoms. The molecule has 1 aliphatic heterocycles. The van der Waals surface area contributed by atoms with Crippen molar-refractivity contribution in [2.24, 2.45) is 0 Å². The van der Waals surface area contributed by atoms with Gasteiger partial charge in [-0.05, 0) is 88.8 Å². The van der Waals surface area contributed by atoms with Crippen LogP contribution in [0.2, 0.25) is 0 Å². The smallest absolute Gasteiger partial charge is 0.235 e. The molecule has 1 aliphatic carbocycles. The quantitative estimate of drug-likeness (QED) is 0.175. The highest BCUT2D eigenvalue weighted by Gasteiger charge is 2.43. The molecule has 5 heteroatoms. The molecule has 1 atom stereocenters. The van der Waals surface area contributed by atoms with Crippen molar-refractivity contribution < 1.29 is 4.74 Å². The predicted octanol–water partition coefficient (Wildman–Crippen LogP) is 14.2. The molecule has 2 aromatic heterocycles. The van der Waals surface area contributed by atoms with Crippen molar-refractivity contribution in [1.82, 2.24) is 14.5 Å². The van der Waals surface area contributed by atoms with E-state index in [2.05, 4.69) is 187 Å². The zero-order valence-corrected chi connectivity index (χ0v) is 32.9. The van der Waals surface area contributed by atoms with E-state index in [1.54, 1.807) is 0 Å². The molecule has 0 amide bonds. The minimum Gasteiger partial charge on any atom is -0.455 e. The third-order valence-corrected chi connectivity index (χ3v) is 13.3. The molecule has 8 aromatic carbocycles. The maximum Gasteiger partial charge on any atom is 0.235 e. The van der Waals surface area contributed by atoms with Crippen molar-refractivity contribution >= 4 is 33.6 Å². The van der Waals surface area contributed by atoms with Crippen LogP contribution in [0, 0.1) is 0 Å². The van der Waals surface area contributed by atoms with E-state index in [4.69, 9.17) is 14.7 Å². The molecule has 0 saturated carbocycles. The molecule has 0 fully saturated rings. The Morgan fingerprint density at radius 1 is 0.492 bits per heavy atom. The summed E-state index contributed by atoms with van der Waals surface area (Å²) in [6.07, 6.45) is 0. The second-order valence-corrected chi connectivity index (χ2v) is 16.5. The molecule has 3 heterocycles. The lowest BCUT2D eigenvalue weighted by Gasteiger charge is -2.29. The summed E-state index contributed by atoms with van der Waals surface area (Å²) >= 11 is 1.81. The molecular formula is C54H35N3OS. The number of para-hydroxylation sites is 2. The molecular weight excluding hydrogens is 739 g/mol. The van der Waals surface area contributed by atoms with E-state index in [9.17, 15) is 0 Å². The highest BCUT2D eigenvalue weighted by molar-refractivity contribution is 7.99. The Hall–Kier alpha value is -7.21. The van der Waals surface area contributed by atoms with Crippen LogP contribution in [0.25, 0.3) is 72.5 Å². The lowest BCUT2D eigenvalue weighted by Crippen LogP contribution is -2.22. The summed E-state index contributed by atoms with van der Waals surface area (Å²) in [5.74, 6) is 2.47. The van der Waals surface area contributed by atoms with Crippen molar-refractivity contribution in [3.63, 3.8) is 0 Å². The van der Waals surface area contributed by atoms with Gasteiger partial charge in [-0.15, -0.1) is 0 Å². The highest BCUT2D eigenvalue weighted by Crippen LogP contribution is 2.60. The Kier molecular flexibility index (Phi) is 7.56. The number of hydrogen-bond donors (Lipinski definition) is 0. The van der Waals surface area contributed by atoms with E-state index in [1.807, 2.05) is 30.0 Å². The number of hydrogen-bond acceptors (Lipinski definition) is 4. The van der Waals surface area contributed by atoms with E-state index >= 15 is 0 Å². The van der Waals surface area contributed by atoms with Crippen molar-refractivity contribution in [2.45, 2.75) is 22.1 Å². The Labute approximate surface area is 346 Å². The minimum absolute atomic E-state index is 0.369. The van der Waals surface area contributed by atoms with Crippen molar-refractivity contribution in [2.75, 3.05) is 0 Å². The van der Waals surface area contributed by atoms with Crippen LogP contribution in [0.1, 0.15) is 23.6 Å². The van der Waals surface area contributed by atoms with E-state index in [1.165, 1.54) is 38.3 Å². The van der Waals surface area contributed by atoms with E-state index < -0.39 is 0 Å². The lowest BCUT2D eigenvalue weighted by molar-refractivity contribution is 0.454. The molecule has 59 heavy (non-hydrogen) atoms. The fourth-order valence-corrected chi connectivity index (χ4v) is 10.4. The Morgan fingerprint density at radius 3 is 1.88 bits per heavy atom. The maximum atomic E-state index is 6.52. The standard InChI is InChI=1S/C54H35N3OS/c1-54(38-19-9-4-10-20-38)42-28-30-49-52(59-50-24-14-13-23-48(50)58-49)51(42)40-27-25-37(32-43(40)54)36-26-29-47-41(31-36)39-21-11-12-22-46(39)57(47)53-55-44(34-15-5-2-6-16-34)33-45(56-53)35-17-7-3-8-18-35/h2-33H,1H3. The van der Waals surface area contributed by atoms with Gasteiger partial charge in [0.25, 0.3) is 0 Å². The second kappa shape index (κ2) is 13.2. The number of fused-ring (bicyclic) bond motifs is 9. The van der Waals surface area contributed by atoms with Crippen molar-refractivity contribution in [3.05, 3.63) is 211 Å². The fourth-order valence-electron chi connectivity index (χ4n) is 9.28. The summed E-state index contributed by atoms with van der Waals surface area (Å²) in [6, 6.07) is 69.0. The molecule has 0 radical (unpaired) electrons. The monoisotopic (exact) mass is 773 g/mol. The lowest BCUT2D eigenvalue weighted by atomic mass is 9.74. The highest BCUT2D eigenvalue weighted by atomic mass is 32.2. The Bertz CT molecular complexity index is 3230. The van der Waals surface area contributed by atoms with Gasteiger partial charge in [0.15, 0.2) is 0 Å². The molecule has 10 aromatic rings. The van der Waals surface area contributed by atoms with Gasteiger partial charge in [0.1, 0.15) is 11.5 Å². The first-order valence-electron chi connectivity index (χ1n) is 20.0. The predicted molar refractivity (Wildman–Crippen MR) is 241 cm³/mol. The van der Waals surface area contributed by atoms with Gasteiger partial charge in [-0.3, -0.25) is 4.57 Å². The molecule has 0 bridgehead atoms. The normalized spacial score (nSPS) is 15.0. The average Bonchev–Trinajstić information content (AvgIpc) is 3.78. The van der Waals surface area contributed by atoms with Crippen LogP contribution in [0.5, 0.6) is 11.5 Å². The number of rotatable bonds is 5. The van der Waals surface area contributed by atoms with Gasteiger partial charge >= 0.3 is 0 Å². The number of nitrogens with zero attached hydrogens (tertiary/aromatic N) is 3. The van der Waals surface area contributed by atoms with Gasteiger partial charge in [0, 0.05) is 32.9 Å². The van der Waals surface area contributed by atoms with E-state index in [0.717, 1.165) is 66.3 Å². The van der Waals surface area contributed by atoms with Gasteiger partial charge in [-0.2, -0.15) is 0 Å². The summed E-state index contributed by atoms with van der Waals surface area (Å²) in [7, 11) is 0. The van der Waals surface area contributed by atoms with Crippen LogP contribution >= 0.6 is 11.8 Å². The molecule has 1 unspecified atom stereocenters. The minimum atomic E-state index is -0.369. The largest absolute Gasteiger partial charge is 0.455 e. The first-order valence-corrected chi connectivity index (χ1v) is 20.8. The average molecular weight is 774 g/mol. The number of aromatic nitrogens is 3. The Balaban J connectivity index is 1.03. The van der Waals surface area contributed by atoms with Crippen LogP contribution in [-0.4, -0.2) is 14.5 Å². The van der Waals surface area contributed by atoms with Crippen molar-refractivity contribution in [1.29, 1.82) is 0 Å². The SMILES string of the molecule is CC1(c2ccccc2)c2cc(-c3ccc4c(c3)c3ccccc3n4-c3nc(-c4ccccc4)cc(-c4ccccc4)n3)ccc2-c2c1ccc1c2Sc2ccccc2O1. The van der Waals surface area contributed by atoms with E-state index in [-0.39, 0.29) is 5.41 Å². The maximum absolute atomic E-state index is 6.52. The Morgan fingerprint density at radius 2 is 1.12 bits per heavy atom. The van der Waals surface area contributed by atoms with Crippen LogP contribution in [0.3, 0.4) is 0 Å². The second-order valence-electron chi connectivity index (χ2n) is 15.5. The summed E-state index contributed by atoms with van der Waals surface area (Å²) in [4.78, 5) is 12.8. The van der Waals surface area contributed by atoms with Gasteiger partial charge in [-0.1, -0.05) is 157 Å². The summed E-state index contributed by atoms with van der Waals surface area (Å²) < 4.78 is 8.74. The molecule has 0 saturated heterocycles. The summed E-state index contributed by atoms with van der Waals surface area (Å²) in [5.41, 5.74) is 14.3. The van der Waals surface area contributed by atoms with E-state index in [0.29, 0.717) is 5.95 Å². The summed E-state index contributed by atoms with van der Waals surface area (Å²) in [5, 5.41) is 2.31.